The highest BCUT2D eigenvalue weighted by Gasteiger charge is 2.26. The first-order valence-corrected chi connectivity index (χ1v) is 6.91. The minimum absolute atomic E-state index is 0.154. The number of unbranched alkanes of at least 4 members (excludes halogenated alkanes) is 3. The lowest BCUT2D eigenvalue weighted by molar-refractivity contribution is 0.374. The molecule has 1 atom stereocenters. The van der Waals surface area contributed by atoms with Gasteiger partial charge in [0, 0.05) is 17.8 Å². The highest BCUT2D eigenvalue weighted by molar-refractivity contribution is 5.09. The Hall–Kier alpha value is -0.920. The maximum absolute atomic E-state index is 4.51. The van der Waals surface area contributed by atoms with Gasteiger partial charge in [0.2, 0.25) is 0 Å². The second kappa shape index (κ2) is 6.73. The van der Waals surface area contributed by atoms with E-state index in [4.69, 9.17) is 0 Å². The molecule has 96 valence electrons. The van der Waals surface area contributed by atoms with Crippen LogP contribution >= 0.6 is 0 Å². The van der Waals surface area contributed by atoms with Crippen LogP contribution in [0.5, 0.6) is 0 Å². The van der Waals surface area contributed by atoms with Crippen molar-refractivity contribution in [3.8, 4) is 0 Å². The average molecular weight is 234 g/mol. The largest absolute Gasteiger partial charge is 0.241 e. The fourth-order valence-electron chi connectivity index (χ4n) is 2.09. The Morgan fingerprint density at radius 1 is 1.06 bits per heavy atom. The quantitative estimate of drug-likeness (QED) is 0.652. The topological polar surface area (TPSA) is 25.8 Å². The number of aromatic nitrogens is 2. The first-order valence-electron chi connectivity index (χ1n) is 6.91. The van der Waals surface area contributed by atoms with Crippen LogP contribution in [0.4, 0.5) is 0 Å². The van der Waals surface area contributed by atoms with Crippen molar-refractivity contribution in [1.82, 2.24) is 9.97 Å². The number of hydrogen-bond acceptors (Lipinski definition) is 2. The summed E-state index contributed by atoms with van der Waals surface area (Å²) in [6.07, 6.45) is 11.4. The van der Waals surface area contributed by atoms with Gasteiger partial charge < -0.3 is 0 Å². The van der Waals surface area contributed by atoms with Crippen LogP contribution in [0.25, 0.3) is 0 Å². The van der Waals surface area contributed by atoms with E-state index in [2.05, 4.69) is 30.7 Å². The van der Waals surface area contributed by atoms with Gasteiger partial charge in [-0.3, -0.25) is 0 Å². The lowest BCUT2D eigenvalue weighted by Gasteiger charge is -2.26. The van der Waals surface area contributed by atoms with Gasteiger partial charge in [-0.2, -0.15) is 0 Å². The average Bonchev–Trinajstić information content (AvgIpc) is 2.35. The normalized spacial score (nSPS) is 14.6. The summed E-state index contributed by atoms with van der Waals surface area (Å²) in [5.74, 6) is 1.02. The van der Waals surface area contributed by atoms with Gasteiger partial charge in [-0.1, -0.05) is 46.5 Å². The zero-order valence-corrected chi connectivity index (χ0v) is 11.8. The zero-order valence-electron chi connectivity index (χ0n) is 11.8. The maximum atomic E-state index is 4.51. The molecule has 0 saturated carbocycles. The van der Waals surface area contributed by atoms with E-state index in [9.17, 15) is 0 Å². The molecule has 17 heavy (non-hydrogen) atoms. The van der Waals surface area contributed by atoms with Crippen LogP contribution in [0.3, 0.4) is 0 Å². The third-order valence-electron chi connectivity index (χ3n) is 3.68. The van der Waals surface area contributed by atoms with Crippen molar-refractivity contribution < 1.29 is 0 Å². The summed E-state index contributed by atoms with van der Waals surface area (Å²) < 4.78 is 0. The smallest absolute Gasteiger partial charge is 0.134 e. The van der Waals surface area contributed by atoms with Crippen molar-refractivity contribution in [2.45, 2.75) is 71.6 Å². The molecule has 0 fully saturated rings. The summed E-state index contributed by atoms with van der Waals surface area (Å²) >= 11 is 0. The van der Waals surface area contributed by atoms with Crippen molar-refractivity contribution in [2.75, 3.05) is 0 Å². The molecule has 0 aliphatic heterocycles. The molecule has 1 rings (SSSR count). The molecule has 1 aromatic rings. The van der Waals surface area contributed by atoms with Crippen molar-refractivity contribution in [2.24, 2.45) is 0 Å². The number of hydrogen-bond donors (Lipinski definition) is 0. The highest BCUT2D eigenvalue weighted by atomic mass is 14.9. The molecule has 0 aliphatic rings. The first-order chi connectivity index (χ1) is 8.12. The number of rotatable bonds is 7. The lowest BCUT2D eigenvalue weighted by Crippen LogP contribution is -2.24. The standard InChI is InChI=1S/C15H26N2/c1-5-7-8-9-10-15(4,6-2)14-16-11-13(3)12-17-14/h11-12H,5-10H2,1-4H3. The fourth-order valence-corrected chi connectivity index (χ4v) is 2.09. The van der Waals surface area contributed by atoms with Crippen LogP contribution in [-0.2, 0) is 5.41 Å². The molecule has 2 heteroatoms. The Bertz CT molecular complexity index is 318. The molecule has 0 saturated heterocycles. The van der Waals surface area contributed by atoms with Crippen LogP contribution in [-0.4, -0.2) is 9.97 Å². The molecule has 0 aliphatic carbocycles. The van der Waals surface area contributed by atoms with Crippen molar-refractivity contribution in [3.05, 3.63) is 23.8 Å². The van der Waals surface area contributed by atoms with Gasteiger partial charge in [0.25, 0.3) is 0 Å². The Labute approximate surface area is 106 Å². The third-order valence-corrected chi connectivity index (χ3v) is 3.68. The van der Waals surface area contributed by atoms with E-state index in [1.54, 1.807) is 0 Å². The Morgan fingerprint density at radius 3 is 2.24 bits per heavy atom. The predicted octanol–water partition coefficient (Wildman–Crippen LogP) is 4.42. The number of aryl methyl sites for hydroxylation is 1. The summed E-state index contributed by atoms with van der Waals surface area (Å²) in [5, 5.41) is 0. The second-order valence-electron chi connectivity index (χ2n) is 5.31. The van der Waals surface area contributed by atoms with Gasteiger partial charge in [-0.05, 0) is 25.3 Å². The number of nitrogens with zero attached hydrogens (tertiary/aromatic N) is 2. The molecular weight excluding hydrogens is 208 g/mol. The second-order valence-corrected chi connectivity index (χ2v) is 5.31. The SMILES string of the molecule is CCCCCCC(C)(CC)c1ncc(C)cn1. The van der Waals surface area contributed by atoms with E-state index in [0.29, 0.717) is 0 Å². The van der Waals surface area contributed by atoms with Crippen LogP contribution in [0.2, 0.25) is 0 Å². The van der Waals surface area contributed by atoms with Gasteiger partial charge in [0.05, 0.1) is 0 Å². The summed E-state index contributed by atoms with van der Waals surface area (Å²) in [6, 6.07) is 0. The van der Waals surface area contributed by atoms with E-state index < -0.39 is 0 Å². The molecule has 1 heterocycles. The van der Waals surface area contributed by atoms with Gasteiger partial charge in [0.1, 0.15) is 5.82 Å². The van der Waals surface area contributed by atoms with Crippen LogP contribution < -0.4 is 0 Å². The molecule has 1 aromatic heterocycles. The lowest BCUT2D eigenvalue weighted by atomic mass is 9.81. The Morgan fingerprint density at radius 2 is 1.71 bits per heavy atom. The summed E-state index contributed by atoms with van der Waals surface area (Å²) in [7, 11) is 0. The molecule has 0 radical (unpaired) electrons. The van der Waals surface area contributed by atoms with Gasteiger partial charge in [-0.25, -0.2) is 9.97 Å². The molecule has 2 nitrogen and oxygen atoms in total. The Kier molecular flexibility index (Phi) is 5.60. The monoisotopic (exact) mass is 234 g/mol. The van der Waals surface area contributed by atoms with Gasteiger partial charge in [-0.15, -0.1) is 0 Å². The molecule has 0 bridgehead atoms. The van der Waals surface area contributed by atoms with Crippen molar-refractivity contribution >= 4 is 0 Å². The summed E-state index contributed by atoms with van der Waals surface area (Å²) in [6.45, 7) is 8.82. The molecule has 0 N–H and O–H groups in total. The van der Waals surface area contributed by atoms with Crippen molar-refractivity contribution in [1.29, 1.82) is 0 Å². The maximum Gasteiger partial charge on any atom is 0.134 e. The molecule has 0 spiro atoms. The first kappa shape index (κ1) is 14.1. The van der Waals surface area contributed by atoms with Gasteiger partial charge >= 0.3 is 0 Å². The van der Waals surface area contributed by atoms with E-state index >= 15 is 0 Å². The fraction of sp³-hybridized carbons (Fsp3) is 0.733. The highest BCUT2D eigenvalue weighted by Crippen LogP contribution is 2.30. The zero-order chi connectivity index (χ0) is 12.7. The molecular formula is C15H26N2. The molecule has 0 aromatic carbocycles. The predicted molar refractivity (Wildman–Crippen MR) is 73.2 cm³/mol. The van der Waals surface area contributed by atoms with Crippen LogP contribution in [0.15, 0.2) is 12.4 Å². The minimum Gasteiger partial charge on any atom is -0.241 e. The van der Waals surface area contributed by atoms with E-state index in [0.717, 1.165) is 17.8 Å². The molecule has 1 unspecified atom stereocenters. The van der Waals surface area contributed by atoms with Gasteiger partial charge in [0.15, 0.2) is 0 Å². The third kappa shape index (κ3) is 4.10. The Balaban J connectivity index is 2.63. The van der Waals surface area contributed by atoms with Crippen LogP contribution in [0, 0.1) is 6.92 Å². The van der Waals surface area contributed by atoms with E-state index in [1.807, 2.05) is 19.3 Å². The summed E-state index contributed by atoms with van der Waals surface area (Å²) in [4.78, 5) is 9.02. The van der Waals surface area contributed by atoms with Crippen LogP contribution in [0.1, 0.15) is 70.7 Å². The van der Waals surface area contributed by atoms with E-state index in [-0.39, 0.29) is 5.41 Å². The minimum atomic E-state index is 0.154. The molecule has 0 amide bonds. The van der Waals surface area contributed by atoms with E-state index in [1.165, 1.54) is 32.1 Å². The van der Waals surface area contributed by atoms with Crippen molar-refractivity contribution in [3.63, 3.8) is 0 Å². The summed E-state index contributed by atoms with van der Waals surface area (Å²) in [5.41, 5.74) is 1.29.